The number of nitrogens with zero attached hydrogens (tertiary/aromatic N) is 3. The zero-order chi connectivity index (χ0) is 12.5. The lowest BCUT2D eigenvalue weighted by Gasteiger charge is -2.03. The Kier molecular flexibility index (Phi) is 3.22. The van der Waals surface area contributed by atoms with Crippen LogP contribution in [-0.2, 0) is 11.2 Å². The van der Waals surface area contributed by atoms with Crippen LogP contribution in [0.15, 0.2) is 12.1 Å². The first kappa shape index (κ1) is 11.9. The second-order valence-electron chi connectivity index (χ2n) is 4.66. The van der Waals surface area contributed by atoms with Gasteiger partial charge in [-0.25, -0.2) is 9.50 Å². The Hall–Kier alpha value is -1.13. The fourth-order valence-electron chi connectivity index (χ4n) is 2.36. The van der Waals surface area contributed by atoms with Gasteiger partial charge in [0.25, 0.3) is 0 Å². The van der Waals surface area contributed by atoms with Gasteiger partial charge in [-0.1, -0.05) is 24.9 Å². The van der Waals surface area contributed by atoms with Crippen LogP contribution in [0, 0.1) is 0 Å². The highest BCUT2D eigenvalue weighted by atomic mass is 35.5. The second kappa shape index (κ2) is 4.86. The smallest absolute Gasteiger partial charge is 0.157 e. The molecule has 18 heavy (non-hydrogen) atoms. The molecule has 3 rings (SSSR count). The van der Waals surface area contributed by atoms with Gasteiger partial charge in [0.2, 0.25) is 0 Å². The van der Waals surface area contributed by atoms with Crippen molar-refractivity contribution in [3.05, 3.63) is 28.7 Å². The molecule has 1 atom stereocenters. The van der Waals surface area contributed by atoms with Crippen LogP contribution in [0.5, 0.6) is 0 Å². The first-order valence-electron chi connectivity index (χ1n) is 6.44. The third-order valence-corrected chi connectivity index (χ3v) is 3.49. The molecule has 4 nitrogen and oxygen atoms in total. The van der Waals surface area contributed by atoms with E-state index in [0.29, 0.717) is 5.15 Å². The Bertz CT molecular complexity index is 561. The summed E-state index contributed by atoms with van der Waals surface area (Å²) in [7, 11) is 0. The quantitative estimate of drug-likeness (QED) is 0.800. The fourth-order valence-corrected chi connectivity index (χ4v) is 2.61. The Morgan fingerprint density at radius 1 is 1.50 bits per heavy atom. The first-order chi connectivity index (χ1) is 8.78. The van der Waals surface area contributed by atoms with Gasteiger partial charge in [-0.05, 0) is 25.3 Å². The van der Waals surface area contributed by atoms with Gasteiger partial charge in [-0.2, -0.15) is 5.10 Å². The molecule has 0 radical (unpaired) electrons. The van der Waals surface area contributed by atoms with Crippen molar-refractivity contribution in [2.24, 2.45) is 0 Å². The monoisotopic (exact) mass is 265 g/mol. The zero-order valence-electron chi connectivity index (χ0n) is 10.4. The maximum Gasteiger partial charge on any atom is 0.157 e. The molecule has 0 bridgehead atoms. The predicted octanol–water partition coefficient (Wildman–Crippen LogP) is 3.19. The minimum atomic E-state index is 0.109. The van der Waals surface area contributed by atoms with Crippen molar-refractivity contribution >= 4 is 17.2 Å². The second-order valence-corrected chi connectivity index (χ2v) is 5.05. The molecule has 1 aliphatic heterocycles. The van der Waals surface area contributed by atoms with E-state index in [2.05, 4.69) is 17.0 Å². The van der Waals surface area contributed by atoms with Gasteiger partial charge in [-0.3, -0.25) is 0 Å². The number of halogens is 1. The summed E-state index contributed by atoms with van der Waals surface area (Å²) >= 11 is 6.24. The molecule has 0 N–H and O–H groups in total. The molecular weight excluding hydrogens is 250 g/mol. The summed E-state index contributed by atoms with van der Waals surface area (Å²) in [6, 6.07) is 3.88. The van der Waals surface area contributed by atoms with E-state index in [4.69, 9.17) is 16.3 Å². The molecule has 1 aliphatic rings. The van der Waals surface area contributed by atoms with Crippen molar-refractivity contribution in [3.8, 4) is 0 Å². The van der Waals surface area contributed by atoms with Crippen LogP contribution in [0.3, 0.4) is 0 Å². The lowest BCUT2D eigenvalue weighted by atomic mass is 10.2. The van der Waals surface area contributed by atoms with E-state index in [9.17, 15) is 0 Å². The molecule has 1 fully saturated rings. The van der Waals surface area contributed by atoms with E-state index >= 15 is 0 Å². The molecule has 0 saturated carbocycles. The minimum absolute atomic E-state index is 0.109. The molecule has 96 valence electrons. The fraction of sp³-hybridized carbons (Fsp3) is 0.538. The highest BCUT2D eigenvalue weighted by Gasteiger charge is 2.21. The van der Waals surface area contributed by atoms with E-state index in [0.717, 1.165) is 49.3 Å². The van der Waals surface area contributed by atoms with E-state index in [1.165, 1.54) is 0 Å². The molecule has 0 aromatic carbocycles. The summed E-state index contributed by atoms with van der Waals surface area (Å²) < 4.78 is 7.33. The van der Waals surface area contributed by atoms with Crippen molar-refractivity contribution in [1.29, 1.82) is 0 Å². The number of hydrogen-bond donors (Lipinski definition) is 0. The van der Waals surface area contributed by atoms with E-state index in [1.807, 2.05) is 12.1 Å². The van der Waals surface area contributed by atoms with E-state index in [-0.39, 0.29) is 6.10 Å². The lowest BCUT2D eigenvalue weighted by Crippen LogP contribution is -1.99. The predicted molar refractivity (Wildman–Crippen MR) is 69.9 cm³/mol. The van der Waals surface area contributed by atoms with Crippen LogP contribution in [0.2, 0.25) is 5.15 Å². The van der Waals surface area contributed by atoms with Crippen LogP contribution in [0.1, 0.15) is 43.7 Å². The van der Waals surface area contributed by atoms with Gasteiger partial charge in [0, 0.05) is 18.4 Å². The van der Waals surface area contributed by atoms with Crippen molar-refractivity contribution in [2.45, 2.75) is 38.7 Å². The van der Waals surface area contributed by atoms with Gasteiger partial charge in [0.1, 0.15) is 11.3 Å². The van der Waals surface area contributed by atoms with Crippen molar-refractivity contribution in [2.75, 3.05) is 6.61 Å². The third kappa shape index (κ3) is 2.10. The molecule has 0 amide bonds. The summed E-state index contributed by atoms with van der Waals surface area (Å²) in [5.41, 5.74) is 2.78. The molecule has 2 aromatic heterocycles. The number of ether oxygens (including phenoxy) is 1. The third-order valence-electron chi connectivity index (χ3n) is 3.22. The molecule has 2 aromatic rings. The maximum atomic E-state index is 6.24. The largest absolute Gasteiger partial charge is 0.372 e. The van der Waals surface area contributed by atoms with Crippen LogP contribution in [0.4, 0.5) is 0 Å². The van der Waals surface area contributed by atoms with Crippen molar-refractivity contribution < 1.29 is 4.74 Å². The highest BCUT2D eigenvalue weighted by molar-refractivity contribution is 6.29. The van der Waals surface area contributed by atoms with Gasteiger partial charge in [0.05, 0.1) is 5.69 Å². The average molecular weight is 266 g/mol. The van der Waals surface area contributed by atoms with Crippen LogP contribution >= 0.6 is 11.6 Å². The van der Waals surface area contributed by atoms with Crippen LogP contribution in [0.25, 0.3) is 5.65 Å². The van der Waals surface area contributed by atoms with E-state index < -0.39 is 0 Å². The Morgan fingerprint density at radius 3 is 3.11 bits per heavy atom. The zero-order valence-corrected chi connectivity index (χ0v) is 11.2. The Labute approximate surface area is 111 Å². The first-order valence-corrected chi connectivity index (χ1v) is 6.82. The van der Waals surface area contributed by atoms with Gasteiger partial charge >= 0.3 is 0 Å². The molecule has 0 aliphatic carbocycles. The standard InChI is InChI=1S/C13H16ClN3O/c1-2-4-9-7-12(14)17-13(15-9)8-10(16-17)11-5-3-6-18-11/h7-8,11H,2-6H2,1H3. The van der Waals surface area contributed by atoms with Gasteiger partial charge < -0.3 is 4.74 Å². The maximum absolute atomic E-state index is 6.24. The summed E-state index contributed by atoms with van der Waals surface area (Å²) in [5.74, 6) is 0. The topological polar surface area (TPSA) is 39.4 Å². The highest BCUT2D eigenvalue weighted by Crippen LogP contribution is 2.28. The van der Waals surface area contributed by atoms with Gasteiger partial charge in [0.15, 0.2) is 5.65 Å². The van der Waals surface area contributed by atoms with Crippen molar-refractivity contribution in [1.82, 2.24) is 14.6 Å². The molecule has 3 heterocycles. The molecule has 5 heteroatoms. The normalized spacial score (nSPS) is 19.8. The summed E-state index contributed by atoms with van der Waals surface area (Å²) in [6.45, 7) is 2.95. The SMILES string of the molecule is CCCc1cc(Cl)n2nc(C3CCCO3)cc2n1. The number of aryl methyl sites for hydroxylation is 1. The number of rotatable bonds is 3. The number of fused-ring (bicyclic) bond motifs is 1. The van der Waals surface area contributed by atoms with Crippen molar-refractivity contribution in [3.63, 3.8) is 0 Å². The molecule has 0 spiro atoms. The summed E-state index contributed by atoms with van der Waals surface area (Å²) in [5, 5.41) is 5.11. The van der Waals surface area contributed by atoms with E-state index in [1.54, 1.807) is 4.52 Å². The Balaban J connectivity index is 2.02. The minimum Gasteiger partial charge on any atom is -0.372 e. The average Bonchev–Trinajstić information content (AvgIpc) is 2.97. The summed E-state index contributed by atoms with van der Waals surface area (Å²) in [6.07, 6.45) is 4.24. The molecule has 1 unspecified atom stereocenters. The van der Waals surface area contributed by atoms with Crippen LogP contribution in [-0.4, -0.2) is 21.2 Å². The summed E-state index contributed by atoms with van der Waals surface area (Å²) in [4.78, 5) is 4.58. The van der Waals surface area contributed by atoms with Gasteiger partial charge in [-0.15, -0.1) is 0 Å². The molecular formula is C13H16ClN3O. The number of aromatic nitrogens is 3. The molecule has 1 saturated heterocycles. The number of hydrogen-bond acceptors (Lipinski definition) is 3. The lowest BCUT2D eigenvalue weighted by molar-refractivity contribution is 0.108. The Morgan fingerprint density at radius 2 is 2.39 bits per heavy atom. The van der Waals surface area contributed by atoms with Crippen LogP contribution < -0.4 is 0 Å².